The summed E-state index contributed by atoms with van der Waals surface area (Å²) >= 11 is 6.13. The number of benzene rings is 2. The second-order valence-corrected chi connectivity index (χ2v) is 10.6. The third kappa shape index (κ3) is 4.15. The Morgan fingerprint density at radius 3 is 2.66 bits per heavy atom. The summed E-state index contributed by atoms with van der Waals surface area (Å²) in [6, 6.07) is 11.6. The normalized spacial score (nSPS) is 17.6. The van der Waals surface area contributed by atoms with Gasteiger partial charge in [-0.15, -0.1) is 0 Å². The molecule has 1 aromatic heterocycles. The third-order valence-electron chi connectivity index (χ3n) is 7.32. The average Bonchev–Trinajstić information content (AvgIpc) is 3.34. The van der Waals surface area contributed by atoms with E-state index in [1.54, 1.807) is 19.0 Å². The van der Waals surface area contributed by atoms with Gasteiger partial charge in [-0.05, 0) is 61.7 Å². The van der Waals surface area contributed by atoms with Crippen molar-refractivity contribution in [1.82, 2.24) is 14.8 Å². The van der Waals surface area contributed by atoms with Crippen LogP contribution in [0.4, 0.5) is 5.69 Å². The quantitative estimate of drug-likeness (QED) is 0.551. The zero-order valence-corrected chi connectivity index (χ0v) is 21.4. The molecule has 0 radical (unpaired) electrons. The molecule has 35 heavy (non-hydrogen) atoms. The van der Waals surface area contributed by atoms with E-state index < -0.39 is 5.41 Å². The summed E-state index contributed by atoms with van der Waals surface area (Å²) in [4.78, 5) is 34.9. The van der Waals surface area contributed by atoms with E-state index in [0.717, 1.165) is 47.8 Å². The van der Waals surface area contributed by atoms with Gasteiger partial charge in [0, 0.05) is 79.2 Å². The van der Waals surface area contributed by atoms with Gasteiger partial charge < -0.3 is 14.8 Å². The summed E-state index contributed by atoms with van der Waals surface area (Å²) in [7, 11) is 3.48. The van der Waals surface area contributed by atoms with Crippen molar-refractivity contribution in [3.05, 3.63) is 70.4 Å². The fraction of sp³-hybridized carbons (Fsp3) is 0.357. The standard InChI is InChI=1S/C28H31ClN4O2/c1-28(2)23-15-19(26(34)31(3)4)5-8-25(23)33(27(28)35)14-13-32-11-9-18(10-12-32)22-17-30-24-16-20(29)6-7-21(22)24/h5-9,15-17,30H,10-14H2,1-4H3. The number of hydrogen-bond acceptors (Lipinski definition) is 3. The monoisotopic (exact) mass is 490 g/mol. The summed E-state index contributed by atoms with van der Waals surface area (Å²) in [6.45, 7) is 7.12. The molecular weight excluding hydrogens is 460 g/mol. The molecule has 1 N–H and O–H groups in total. The Morgan fingerprint density at radius 2 is 1.94 bits per heavy atom. The molecular formula is C28H31ClN4O2. The predicted octanol–water partition coefficient (Wildman–Crippen LogP) is 4.94. The average molecular weight is 491 g/mol. The lowest BCUT2D eigenvalue weighted by Crippen LogP contribution is -2.42. The summed E-state index contributed by atoms with van der Waals surface area (Å²) in [5.41, 5.74) is 5.45. The van der Waals surface area contributed by atoms with E-state index in [4.69, 9.17) is 11.6 Å². The summed E-state index contributed by atoms with van der Waals surface area (Å²) < 4.78 is 0. The molecule has 2 aliphatic rings. The number of carbonyl (C=O) groups excluding carboxylic acids is 2. The van der Waals surface area contributed by atoms with Gasteiger partial charge in [-0.2, -0.15) is 0 Å². The highest BCUT2D eigenvalue weighted by Gasteiger charge is 2.44. The second kappa shape index (κ2) is 8.85. The number of aromatic amines is 1. The molecule has 0 aliphatic carbocycles. The van der Waals surface area contributed by atoms with Crippen molar-refractivity contribution in [3.63, 3.8) is 0 Å². The molecule has 3 heterocycles. The Hall–Kier alpha value is -3.09. The van der Waals surface area contributed by atoms with Gasteiger partial charge in [0.1, 0.15) is 0 Å². The second-order valence-electron chi connectivity index (χ2n) is 10.2. The number of amides is 2. The van der Waals surface area contributed by atoms with Gasteiger partial charge in [0.05, 0.1) is 5.41 Å². The maximum absolute atomic E-state index is 13.3. The molecule has 0 saturated heterocycles. The Bertz CT molecular complexity index is 1350. The van der Waals surface area contributed by atoms with Crippen LogP contribution >= 0.6 is 11.6 Å². The van der Waals surface area contributed by atoms with E-state index in [-0.39, 0.29) is 11.8 Å². The number of nitrogens with zero attached hydrogens (tertiary/aromatic N) is 3. The highest BCUT2D eigenvalue weighted by Crippen LogP contribution is 2.42. The Balaban J connectivity index is 1.29. The lowest BCUT2D eigenvalue weighted by atomic mass is 9.85. The largest absolute Gasteiger partial charge is 0.361 e. The number of fused-ring (bicyclic) bond motifs is 2. The molecule has 5 rings (SSSR count). The number of carbonyl (C=O) groups is 2. The van der Waals surface area contributed by atoms with E-state index in [9.17, 15) is 9.59 Å². The van der Waals surface area contributed by atoms with Crippen LogP contribution in [0.25, 0.3) is 16.5 Å². The number of nitrogens with one attached hydrogen (secondary N) is 1. The molecule has 0 atom stereocenters. The molecule has 6 nitrogen and oxygen atoms in total. The van der Waals surface area contributed by atoms with Gasteiger partial charge >= 0.3 is 0 Å². The minimum Gasteiger partial charge on any atom is -0.361 e. The van der Waals surface area contributed by atoms with E-state index in [2.05, 4.69) is 28.2 Å². The summed E-state index contributed by atoms with van der Waals surface area (Å²) in [5, 5.41) is 1.93. The minimum absolute atomic E-state index is 0.0521. The van der Waals surface area contributed by atoms with Crippen LogP contribution in [-0.4, -0.2) is 66.9 Å². The summed E-state index contributed by atoms with van der Waals surface area (Å²) in [6.07, 6.45) is 5.32. The maximum Gasteiger partial charge on any atom is 0.253 e. The Kier molecular flexibility index (Phi) is 5.98. The molecule has 2 aliphatic heterocycles. The molecule has 2 aromatic carbocycles. The topological polar surface area (TPSA) is 59.7 Å². The van der Waals surface area contributed by atoms with Gasteiger partial charge in [0.2, 0.25) is 5.91 Å². The smallest absolute Gasteiger partial charge is 0.253 e. The molecule has 0 unspecified atom stereocenters. The molecule has 3 aromatic rings. The molecule has 0 bridgehead atoms. The molecule has 0 spiro atoms. The van der Waals surface area contributed by atoms with Gasteiger partial charge in [-0.25, -0.2) is 0 Å². The number of rotatable bonds is 5. The fourth-order valence-electron chi connectivity index (χ4n) is 5.21. The summed E-state index contributed by atoms with van der Waals surface area (Å²) in [5.74, 6) is 0.0383. The zero-order valence-electron chi connectivity index (χ0n) is 20.7. The highest BCUT2D eigenvalue weighted by molar-refractivity contribution is 6.31. The number of aromatic nitrogens is 1. The molecule has 0 saturated carbocycles. The SMILES string of the molecule is CN(C)C(=O)c1ccc2c(c1)C(C)(C)C(=O)N2CCN1CC=C(c2c[nH]c3cc(Cl)ccc23)CC1. The third-order valence-corrected chi connectivity index (χ3v) is 7.55. The van der Waals surface area contributed by atoms with E-state index in [1.165, 1.54) is 16.5 Å². The Morgan fingerprint density at radius 1 is 1.14 bits per heavy atom. The lowest BCUT2D eigenvalue weighted by molar-refractivity contribution is -0.122. The van der Waals surface area contributed by atoms with Crippen LogP contribution in [0, 0.1) is 0 Å². The van der Waals surface area contributed by atoms with Crippen molar-refractivity contribution in [3.8, 4) is 0 Å². The van der Waals surface area contributed by atoms with Crippen LogP contribution in [0.5, 0.6) is 0 Å². The van der Waals surface area contributed by atoms with Crippen LogP contribution in [-0.2, 0) is 10.2 Å². The minimum atomic E-state index is -0.648. The molecule has 0 fully saturated rings. The molecule has 7 heteroatoms. The number of anilines is 1. The lowest BCUT2D eigenvalue weighted by Gasteiger charge is -2.29. The van der Waals surface area contributed by atoms with Crippen LogP contribution < -0.4 is 4.90 Å². The van der Waals surface area contributed by atoms with E-state index in [1.807, 2.05) is 49.1 Å². The first-order valence-corrected chi connectivity index (χ1v) is 12.4. The zero-order chi connectivity index (χ0) is 24.9. The van der Waals surface area contributed by atoms with Crippen molar-refractivity contribution in [1.29, 1.82) is 0 Å². The number of hydrogen-bond donors (Lipinski definition) is 1. The van der Waals surface area contributed by atoms with Gasteiger partial charge in [0.25, 0.3) is 5.91 Å². The first kappa shape index (κ1) is 23.6. The van der Waals surface area contributed by atoms with Gasteiger partial charge in [0.15, 0.2) is 0 Å². The van der Waals surface area contributed by atoms with Crippen molar-refractivity contribution in [2.24, 2.45) is 0 Å². The van der Waals surface area contributed by atoms with Crippen molar-refractivity contribution < 1.29 is 9.59 Å². The van der Waals surface area contributed by atoms with Crippen molar-refractivity contribution >= 4 is 45.6 Å². The Labute approximate surface area is 211 Å². The maximum atomic E-state index is 13.3. The van der Waals surface area contributed by atoms with Crippen LogP contribution in [0.2, 0.25) is 5.02 Å². The number of H-pyrrole nitrogens is 1. The first-order chi connectivity index (χ1) is 16.7. The van der Waals surface area contributed by atoms with Crippen molar-refractivity contribution in [2.45, 2.75) is 25.7 Å². The van der Waals surface area contributed by atoms with Crippen molar-refractivity contribution in [2.75, 3.05) is 45.2 Å². The molecule has 182 valence electrons. The van der Waals surface area contributed by atoms with Crippen LogP contribution in [0.1, 0.15) is 41.8 Å². The van der Waals surface area contributed by atoms with Gasteiger partial charge in [-0.1, -0.05) is 23.7 Å². The highest BCUT2D eigenvalue weighted by atomic mass is 35.5. The van der Waals surface area contributed by atoms with Gasteiger partial charge in [-0.3, -0.25) is 14.5 Å². The fourth-order valence-corrected chi connectivity index (χ4v) is 5.38. The predicted molar refractivity (Wildman–Crippen MR) is 142 cm³/mol. The van der Waals surface area contributed by atoms with E-state index >= 15 is 0 Å². The molecule has 2 amide bonds. The first-order valence-electron chi connectivity index (χ1n) is 12.0. The van der Waals surface area contributed by atoms with E-state index in [0.29, 0.717) is 12.1 Å². The van der Waals surface area contributed by atoms with Crippen LogP contribution in [0.3, 0.4) is 0 Å². The number of halogens is 1. The van der Waals surface area contributed by atoms with Crippen LogP contribution in [0.15, 0.2) is 48.7 Å².